The summed E-state index contributed by atoms with van der Waals surface area (Å²) in [5.41, 5.74) is 6.67. The maximum atomic E-state index is 6.34. The Labute approximate surface area is 132 Å². The van der Waals surface area contributed by atoms with Crippen molar-refractivity contribution in [3.05, 3.63) is 0 Å². The molecular formula is C19H38N2. The van der Waals surface area contributed by atoms with E-state index in [2.05, 4.69) is 25.7 Å². The highest BCUT2D eigenvalue weighted by atomic mass is 15.2. The van der Waals surface area contributed by atoms with Gasteiger partial charge in [-0.2, -0.15) is 0 Å². The molecule has 3 atom stereocenters. The van der Waals surface area contributed by atoms with Crippen LogP contribution in [0.1, 0.15) is 78.6 Å². The zero-order valence-electron chi connectivity index (χ0n) is 14.7. The Bertz CT molecular complexity index is 302. The lowest BCUT2D eigenvalue weighted by Crippen LogP contribution is -2.56. The second-order valence-electron chi connectivity index (χ2n) is 8.21. The summed E-state index contributed by atoms with van der Waals surface area (Å²) in [4.78, 5) is 2.81. The van der Waals surface area contributed by atoms with Gasteiger partial charge in [0.15, 0.2) is 0 Å². The third-order valence-corrected chi connectivity index (χ3v) is 6.20. The summed E-state index contributed by atoms with van der Waals surface area (Å²) in [6.07, 6.45) is 12.5. The lowest BCUT2D eigenvalue weighted by atomic mass is 9.72. The van der Waals surface area contributed by atoms with Crippen LogP contribution < -0.4 is 5.73 Å². The third kappa shape index (κ3) is 4.45. The van der Waals surface area contributed by atoms with Gasteiger partial charge in [-0.05, 0) is 69.4 Å². The van der Waals surface area contributed by atoms with Crippen molar-refractivity contribution >= 4 is 0 Å². The van der Waals surface area contributed by atoms with Crippen molar-refractivity contribution in [1.29, 1.82) is 0 Å². The highest BCUT2D eigenvalue weighted by Gasteiger charge is 2.40. The maximum Gasteiger partial charge on any atom is 0.0334 e. The van der Waals surface area contributed by atoms with Gasteiger partial charge in [-0.1, -0.05) is 40.0 Å². The minimum atomic E-state index is 0.334. The second kappa shape index (κ2) is 7.97. The zero-order chi connectivity index (χ0) is 15.3. The van der Waals surface area contributed by atoms with Crippen LogP contribution in [0.25, 0.3) is 0 Å². The van der Waals surface area contributed by atoms with E-state index in [4.69, 9.17) is 5.73 Å². The smallest absolute Gasteiger partial charge is 0.0334 e. The number of likely N-dealkylation sites (tertiary alicyclic amines) is 1. The molecule has 0 aromatic heterocycles. The number of nitrogens with two attached hydrogens (primary N) is 1. The van der Waals surface area contributed by atoms with Crippen LogP contribution in [-0.2, 0) is 0 Å². The number of hydrogen-bond acceptors (Lipinski definition) is 2. The topological polar surface area (TPSA) is 29.3 Å². The fourth-order valence-electron chi connectivity index (χ4n) is 4.98. The average molecular weight is 295 g/mol. The normalized spacial score (nSPS) is 35.9. The van der Waals surface area contributed by atoms with Crippen molar-refractivity contribution in [2.45, 2.75) is 84.1 Å². The van der Waals surface area contributed by atoms with Crippen molar-refractivity contribution in [1.82, 2.24) is 4.90 Å². The summed E-state index contributed by atoms with van der Waals surface area (Å²) in [5, 5.41) is 0. The minimum absolute atomic E-state index is 0.334. The van der Waals surface area contributed by atoms with E-state index in [1.165, 1.54) is 70.9 Å². The van der Waals surface area contributed by atoms with E-state index in [0.29, 0.717) is 5.54 Å². The predicted molar refractivity (Wildman–Crippen MR) is 92.4 cm³/mol. The minimum Gasteiger partial charge on any atom is -0.329 e. The first kappa shape index (κ1) is 17.3. The van der Waals surface area contributed by atoms with Gasteiger partial charge in [-0.15, -0.1) is 0 Å². The Hall–Kier alpha value is -0.0800. The summed E-state index contributed by atoms with van der Waals surface area (Å²) >= 11 is 0. The van der Waals surface area contributed by atoms with E-state index in [0.717, 1.165) is 24.3 Å². The van der Waals surface area contributed by atoms with Crippen LogP contribution in [0.5, 0.6) is 0 Å². The molecule has 124 valence electrons. The van der Waals surface area contributed by atoms with Crippen LogP contribution in [0.3, 0.4) is 0 Å². The van der Waals surface area contributed by atoms with Gasteiger partial charge >= 0.3 is 0 Å². The van der Waals surface area contributed by atoms with E-state index in [1.54, 1.807) is 0 Å². The standard InChI is InChI=1S/C19H38N2/c1-4-17-8-6-11-21(12-9-17)19(15-20)10-5-7-18(14-19)13-16(2)3/h16-18H,4-15,20H2,1-3H3. The summed E-state index contributed by atoms with van der Waals surface area (Å²) < 4.78 is 0. The van der Waals surface area contributed by atoms with Crippen molar-refractivity contribution in [2.24, 2.45) is 23.5 Å². The molecule has 2 nitrogen and oxygen atoms in total. The molecule has 2 rings (SSSR count). The van der Waals surface area contributed by atoms with E-state index in [9.17, 15) is 0 Å². The monoisotopic (exact) mass is 294 g/mol. The molecule has 2 fully saturated rings. The molecule has 0 aromatic carbocycles. The predicted octanol–water partition coefficient (Wildman–Crippen LogP) is 4.43. The molecule has 2 heteroatoms. The zero-order valence-corrected chi connectivity index (χ0v) is 14.7. The first-order chi connectivity index (χ1) is 10.1. The Morgan fingerprint density at radius 2 is 1.86 bits per heavy atom. The molecule has 3 unspecified atom stereocenters. The molecule has 0 aromatic rings. The molecule has 0 amide bonds. The fraction of sp³-hybridized carbons (Fsp3) is 1.00. The molecule has 2 aliphatic rings. The quantitative estimate of drug-likeness (QED) is 0.812. The largest absolute Gasteiger partial charge is 0.329 e. The maximum absolute atomic E-state index is 6.34. The molecule has 1 heterocycles. The van der Waals surface area contributed by atoms with Crippen LogP contribution in [0.2, 0.25) is 0 Å². The second-order valence-corrected chi connectivity index (χ2v) is 8.21. The highest BCUT2D eigenvalue weighted by molar-refractivity contribution is 4.97. The van der Waals surface area contributed by atoms with Gasteiger partial charge < -0.3 is 5.73 Å². The van der Waals surface area contributed by atoms with Gasteiger partial charge in [0.2, 0.25) is 0 Å². The SMILES string of the molecule is CCC1CCCN(C2(CN)CCCC(CC(C)C)C2)CC1. The van der Waals surface area contributed by atoms with E-state index in [1.807, 2.05) is 0 Å². The Balaban J connectivity index is 2.02. The Morgan fingerprint density at radius 3 is 2.52 bits per heavy atom. The first-order valence-corrected chi connectivity index (χ1v) is 9.54. The number of hydrogen-bond donors (Lipinski definition) is 1. The third-order valence-electron chi connectivity index (χ3n) is 6.20. The Morgan fingerprint density at radius 1 is 1.10 bits per heavy atom. The molecule has 1 saturated heterocycles. The van der Waals surface area contributed by atoms with Gasteiger partial charge in [0.05, 0.1) is 0 Å². The van der Waals surface area contributed by atoms with Gasteiger partial charge in [-0.3, -0.25) is 4.90 Å². The number of nitrogens with zero attached hydrogens (tertiary/aromatic N) is 1. The molecule has 1 aliphatic carbocycles. The fourth-order valence-corrected chi connectivity index (χ4v) is 4.98. The summed E-state index contributed by atoms with van der Waals surface area (Å²) in [6.45, 7) is 10.6. The molecule has 0 radical (unpaired) electrons. The van der Waals surface area contributed by atoms with Crippen LogP contribution in [0, 0.1) is 17.8 Å². The summed E-state index contributed by atoms with van der Waals surface area (Å²) in [7, 11) is 0. The molecular weight excluding hydrogens is 256 g/mol. The van der Waals surface area contributed by atoms with Crippen molar-refractivity contribution in [3.8, 4) is 0 Å². The molecule has 21 heavy (non-hydrogen) atoms. The molecule has 0 bridgehead atoms. The lowest BCUT2D eigenvalue weighted by Gasteiger charge is -2.48. The Kier molecular flexibility index (Phi) is 6.55. The van der Waals surface area contributed by atoms with E-state index in [-0.39, 0.29) is 0 Å². The summed E-state index contributed by atoms with van der Waals surface area (Å²) in [5.74, 6) is 2.70. The van der Waals surface area contributed by atoms with Crippen molar-refractivity contribution in [2.75, 3.05) is 19.6 Å². The van der Waals surface area contributed by atoms with Crippen LogP contribution in [-0.4, -0.2) is 30.1 Å². The van der Waals surface area contributed by atoms with Crippen molar-refractivity contribution < 1.29 is 0 Å². The van der Waals surface area contributed by atoms with E-state index >= 15 is 0 Å². The molecule has 0 spiro atoms. The van der Waals surface area contributed by atoms with Gasteiger partial charge in [0.25, 0.3) is 0 Å². The molecule has 2 N–H and O–H groups in total. The van der Waals surface area contributed by atoms with Crippen LogP contribution >= 0.6 is 0 Å². The van der Waals surface area contributed by atoms with Gasteiger partial charge in [-0.25, -0.2) is 0 Å². The van der Waals surface area contributed by atoms with Gasteiger partial charge in [0.1, 0.15) is 0 Å². The number of rotatable bonds is 5. The lowest BCUT2D eigenvalue weighted by molar-refractivity contribution is 0.0329. The molecule has 1 saturated carbocycles. The van der Waals surface area contributed by atoms with E-state index < -0.39 is 0 Å². The van der Waals surface area contributed by atoms with Crippen LogP contribution in [0.15, 0.2) is 0 Å². The highest BCUT2D eigenvalue weighted by Crippen LogP contribution is 2.40. The van der Waals surface area contributed by atoms with Crippen molar-refractivity contribution in [3.63, 3.8) is 0 Å². The molecule has 1 aliphatic heterocycles. The first-order valence-electron chi connectivity index (χ1n) is 9.54. The van der Waals surface area contributed by atoms with Crippen LogP contribution in [0.4, 0.5) is 0 Å². The summed E-state index contributed by atoms with van der Waals surface area (Å²) in [6, 6.07) is 0. The van der Waals surface area contributed by atoms with Gasteiger partial charge in [0, 0.05) is 12.1 Å². The average Bonchev–Trinajstić information content (AvgIpc) is 2.72.